The summed E-state index contributed by atoms with van der Waals surface area (Å²) < 4.78 is 5.88. The number of hydrogen-bond acceptors (Lipinski definition) is 4. The predicted molar refractivity (Wildman–Crippen MR) is 91.7 cm³/mol. The van der Waals surface area contributed by atoms with Crippen molar-refractivity contribution in [3.05, 3.63) is 0 Å². The number of aliphatic imine (C=N–C) groups is 1. The van der Waals surface area contributed by atoms with Gasteiger partial charge in [0.15, 0.2) is 0 Å². The quantitative estimate of drug-likeness (QED) is 0.382. The highest BCUT2D eigenvalue weighted by Crippen LogP contribution is 2.56. The molecule has 0 heterocycles. The van der Waals surface area contributed by atoms with E-state index in [9.17, 15) is 0 Å². The third-order valence-corrected chi connectivity index (χ3v) is 8.66. The second-order valence-electron chi connectivity index (χ2n) is 5.37. The van der Waals surface area contributed by atoms with Gasteiger partial charge in [0.2, 0.25) is 5.62 Å². The molecule has 6 heteroatoms. The van der Waals surface area contributed by atoms with Gasteiger partial charge in [-0.2, -0.15) is 0 Å². The second kappa shape index (κ2) is 9.38. The lowest BCUT2D eigenvalue weighted by Crippen LogP contribution is -2.11. The summed E-state index contributed by atoms with van der Waals surface area (Å²) >= 11 is 7.43. The van der Waals surface area contributed by atoms with Crippen LogP contribution in [0.5, 0.6) is 0 Å². The highest BCUT2D eigenvalue weighted by molar-refractivity contribution is 8.68. The van der Waals surface area contributed by atoms with Gasteiger partial charge < -0.3 is 9.61 Å². The van der Waals surface area contributed by atoms with E-state index in [0.29, 0.717) is 12.0 Å². The van der Waals surface area contributed by atoms with Gasteiger partial charge >= 0.3 is 0 Å². The SMILES string of the molecule is CCCOP(=S)(NC=NC1CCCC1)SCC(C)C. The molecule has 0 radical (unpaired) electrons. The molecular weight excluding hydrogens is 295 g/mol. The van der Waals surface area contributed by atoms with Crippen molar-refractivity contribution in [1.82, 2.24) is 5.09 Å². The van der Waals surface area contributed by atoms with Gasteiger partial charge in [0.1, 0.15) is 0 Å². The van der Waals surface area contributed by atoms with E-state index >= 15 is 0 Å². The van der Waals surface area contributed by atoms with Crippen LogP contribution in [0, 0.1) is 5.92 Å². The van der Waals surface area contributed by atoms with E-state index in [1.54, 1.807) is 11.4 Å². The fourth-order valence-electron chi connectivity index (χ4n) is 1.83. The Bertz CT molecular complexity index is 318. The van der Waals surface area contributed by atoms with E-state index < -0.39 is 5.62 Å². The minimum Gasteiger partial charge on any atom is -0.326 e. The van der Waals surface area contributed by atoms with Gasteiger partial charge in [0, 0.05) is 5.75 Å². The Hall–Kier alpha value is 0.430. The van der Waals surface area contributed by atoms with Crippen molar-refractivity contribution in [2.45, 2.75) is 58.9 Å². The lowest BCUT2D eigenvalue weighted by atomic mass is 10.3. The van der Waals surface area contributed by atoms with Gasteiger partial charge in [0.05, 0.1) is 19.0 Å². The molecule has 1 saturated carbocycles. The molecule has 1 fully saturated rings. The van der Waals surface area contributed by atoms with Crippen LogP contribution in [0.3, 0.4) is 0 Å². The van der Waals surface area contributed by atoms with Crippen molar-refractivity contribution in [3.63, 3.8) is 0 Å². The van der Waals surface area contributed by atoms with Crippen LogP contribution in [0.15, 0.2) is 4.99 Å². The zero-order valence-corrected chi connectivity index (χ0v) is 14.8. The van der Waals surface area contributed by atoms with Crippen LogP contribution < -0.4 is 5.09 Å². The zero-order valence-electron chi connectivity index (χ0n) is 12.3. The molecular formula is C13H27N2OPS2. The lowest BCUT2D eigenvalue weighted by Gasteiger charge is -2.22. The number of nitrogens with zero attached hydrogens (tertiary/aromatic N) is 1. The lowest BCUT2D eigenvalue weighted by molar-refractivity contribution is 0.356. The van der Waals surface area contributed by atoms with Crippen molar-refractivity contribution in [1.29, 1.82) is 0 Å². The Labute approximate surface area is 127 Å². The Morgan fingerprint density at radius 1 is 1.47 bits per heavy atom. The first-order valence-electron chi connectivity index (χ1n) is 7.24. The third kappa shape index (κ3) is 7.69. The van der Waals surface area contributed by atoms with Crippen LogP contribution in [0.25, 0.3) is 0 Å². The Morgan fingerprint density at radius 2 is 2.16 bits per heavy atom. The molecule has 0 saturated heterocycles. The predicted octanol–water partition coefficient (Wildman–Crippen LogP) is 4.59. The van der Waals surface area contributed by atoms with Crippen LogP contribution in [-0.4, -0.2) is 24.7 Å². The molecule has 0 aliphatic heterocycles. The molecule has 0 aromatic rings. The topological polar surface area (TPSA) is 33.6 Å². The molecule has 19 heavy (non-hydrogen) atoms. The molecule has 1 atom stereocenters. The standard InChI is InChI=1S/C13H27N2OPS2/c1-4-9-16-17(18,19-10-12(2)3)15-11-14-13-7-5-6-8-13/h11-13H,4-10H2,1-3H3,(H,14,15,18). The minimum absolute atomic E-state index is 0.497. The van der Waals surface area contributed by atoms with Crippen molar-refractivity contribution < 1.29 is 4.52 Å². The van der Waals surface area contributed by atoms with Crippen molar-refractivity contribution >= 4 is 35.1 Å². The second-order valence-corrected chi connectivity index (χ2v) is 12.0. The summed E-state index contributed by atoms with van der Waals surface area (Å²) in [5.74, 6) is 1.66. The van der Waals surface area contributed by atoms with E-state index in [-0.39, 0.29) is 0 Å². The Balaban J connectivity index is 2.44. The summed E-state index contributed by atoms with van der Waals surface area (Å²) in [7, 11) is 0. The maximum Gasteiger partial charge on any atom is 0.211 e. The van der Waals surface area contributed by atoms with Gasteiger partial charge in [-0.15, -0.1) is 0 Å². The molecule has 1 aliphatic carbocycles. The van der Waals surface area contributed by atoms with Crippen LogP contribution in [0.2, 0.25) is 0 Å². The molecule has 1 unspecified atom stereocenters. The van der Waals surface area contributed by atoms with Crippen molar-refractivity contribution in [3.8, 4) is 0 Å². The average Bonchev–Trinajstić information content (AvgIpc) is 2.87. The molecule has 0 bridgehead atoms. The summed E-state index contributed by atoms with van der Waals surface area (Å²) in [6.07, 6.45) is 7.88. The summed E-state index contributed by atoms with van der Waals surface area (Å²) in [6, 6.07) is 0.497. The highest BCUT2D eigenvalue weighted by atomic mass is 32.9. The molecule has 0 aromatic carbocycles. The normalized spacial score (nSPS) is 20.2. The Morgan fingerprint density at radius 3 is 2.74 bits per heavy atom. The number of hydrogen-bond donors (Lipinski definition) is 1. The highest BCUT2D eigenvalue weighted by Gasteiger charge is 2.18. The van der Waals surface area contributed by atoms with Crippen LogP contribution >= 0.6 is 17.0 Å². The molecule has 0 spiro atoms. The van der Waals surface area contributed by atoms with Crippen LogP contribution in [0.4, 0.5) is 0 Å². The number of nitrogens with one attached hydrogen (secondary N) is 1. The van der Waals surface area contributed by atoms with E-state index in [4.69, 9.17) is 16.3 Å². The minimum atomic E-state index is -2.00. The number of rotatable bonds is 9. The first-order valence-corrected chi connectivity index (χ1v) is 11.6. The van der Waals surface area contributed by atoms with E-state index in [1.165, 1.54) is 25.7 Å². The first kappa shape index (κ1) is 17.5. The maximum atomic E-state index is 5.88. The Kier molecular flexibility index (Phi) is 8.63. The largest absolute Gasteiger partial charge is 0.326 e. The molecule has 0 amide bonds. The summed E-state index contributed by atoms with van der Waals surface area (Å²) in [5, 5.41) is 3.29. The van der Waals surface area contributed by atoms with Gasteiger partial charge in [-0.05, 0) is 37.0 Å². The van der Waals surface area contributed by atoms with Crippen molar-refractivity contribution in [2.24, 2.45) is 10.9 Å². The molecule has 112 valence electrons. The van der Waals surface area contributed by atoms with Gasteiger partial charge in [-0.1, -0.05) is 45.0 Å². The summed E-state index contributed by atoms with van der Waals surface area (Å²) in [6.45, 7) is 7.25. The fourth-order valence-corrected chi connectivity index (χ4v) is 6.39. The molecule has 1 rings (SSSR count). The van der Waals surface area contributed by atoms with E-state index in [0.717, 1.165) is 18.8 Å². The smallest absolute Gasteiger partial charge is 0.211 e. The molecule has 1 N–H and O–H groups in total. The fraction of sp³-hybridized carbons (Fsp3) is 0.923. The average molecular weight is 322 g/mol. The van der Waals surface area contributed by atoms with E-state index in [2.05, 4.69) is 30.9 Å². The molecule has 0 aromatic heterocycles. The third-order valence-electron chi connectivity index (χ3n) is 2.87. The van der Waals surface area contributed by atoms with Crippen LogP contribution in [-0.2, 0) is 16.3 Å². The summed E-state index contributed by atoms with van der Waals surface area (Å²) in [4.78, 5) is 4.58. The maximum absolute atomic E-state index is 5.88. The molecule has 3 nitrogen and oxygen atoms in total. The van der Waals surface area contributed by atoms with Gasteiger partial charge in [-0.3, -0.25) is 4.99 Å². The monoisotopic (exact) mass is 322 g/mol. The van der Waals surface area contributed by atoms with Crippen molar-refractivity contribution in [2.75, 3.05) is 12.4 Å². The summed E-state index contributed by atoms with van der Waals surface area (Å²) in [5.41, 5.74) is -2.00. The van der Waals surface area contributed by atoms with Gasteiger partial charge in [0.25, 0.3) is 0 Å². The van der Waals surface area contributed by atoms with Crippen LogP contribution in [0.1, 0.15) is 52.9 Å². The van der Waals surface area contributed by atoms with Gasteiger partial charge in [-0.25, -0.2) is 0 Å². The first-order chi connectivity index (χ1) is 9.06. The molecule has 1 aliphatic rings. The zero-order chi connectivity index (χ0) is 14.1. The van der Waals surface area contributed by atoms with E-state index in [1.807, 2.05) is 6.34 Å².